The van der Waals surface area contributed by atoms with Crippen LogP contribution in [0.2, 0.25) is 0 Å². The van der Waals surface area contributed by atoms with Gasteiger partial charge in [0.25, 0.3) is 11.5 Å². The molecule has 1 aromatic carbocycles. The lowest BCUT2D eigenvalue weighted by atomic mass is 9.85. The maximum absolute atomic E-state index is 15.0. The number of rotatable bonds is 4. The van der Waals surface area contributed by atoms with Gasteiger partial charge in [0, 0.05) is 24.1 Å². The standard InChI is InChI=1S/C25H25F4N5O3/c1-13(16-11-17-21(31-14(2)32-22(17)35)33-20(16)25(27,28)29)30-19-5-4-15(10-18(19)26)23(36)34-8-3-6-24(12-34)7-9-37-24/h4-5,10-11,13,30H,3,6-9,12H2,1-2H3,(H,31,32,33,35)/t13-,24?/m0/s1. The Labute approximate surface area is 209 Å². The Balaban J connectivity index is 1.41. The van der Waals surface area contributed by atoms with Crippen molar-refractivity contribution in [3.8, 4) is 0 Å². The molecule has 8 nitrogen and oxygen atoms in total. The van der Waals surface area contributed by atoms with Crippen LogP contribution in [0.15, 0.2) is 29.1 Å². The van der Waals surface area contributed by atoms with Gasteiger partial charge in [0.1, 0.15) is 11.6 Å². The van der Waals surface area contributed by atoms with Crippen molar-refractivity contribution in [2.24, 2.45) is 0 Å². The Morgan fingerprint density at radius 1 is 1.24 bits per heavy atom. The van der Waals surface area contributed by atoms with E-state index in [1.54, 1.807) is 4.90 Å². The summed E-state index contributed by atoms with van der Waals surface area (Å²) in [4.78, 5) is 36.9. The van der Waals surface area contributed by atoms with Crippen LogP contribution in [0, 0.1) is 12.7 Å². The van der Waals surface area contributed by atoms with Crippen molar-refractivity contribution in [3.63, 3.8) is 0 Å². The molecule has 2 atom stereocenters. The minimum absolute atomic E-state index is 0.0920. The summed E-state index contributed by atoms with van der Waals surface area (Å²) in [5.74, 6) is -0.983. The van der Waals surface area contributed by atoms with Gasteiger partial charge in [-0.25, -0.2) is 14.4 Å². The number of hydrogen-bond acceptors (Lipinski definition) is 6. The summed E-state index contributed by atoms with van der Waals surface area (Å²) in [5.41, 5.74) is -2.77. The highest BCUT2D eigenvalue weighted by Crippen LogP contribution is 2.37. The van der Waals surface area contributed by atoms with Crippen LogP contribution in [0.25, 0.3) is 11.0 Å². The number of ether oxygens (including phenoxy) is 1. The van der Waals surface area contributed by atoms with Crippen molar-refractivity contribution in [2.75, 3.05) is 25.0 Å². The van der Waals surface area contributed by atoms with E-state index in [1.165, 1.54) is 26.0 Å². The number of piperidine rings is 1. The number of likely N-dealkylation sites (tertiary alicyclic amines) is 1. The SMILES string of the molecule is Cc1nc2nc(C(F)(F)F)c([C@H](C)Nc3ccc(C(=O)N4CCCC5(CCO5)C4)cc3F)cc2c(=O)[nH]1. The normalized spacial score (nSPS) is 20.6. The number of nitrogens with one attached hydrogen (secondary N) is 2. The Morgan fingerprint density at radius 2 is 2.00 bits per heavy atom. The summed E-state index contributed by atoms with van der Waals surface area (Å²) in [6.07, 6.45) is -2.26. The number of H-pyrrole nitrogens is 1. The smallest absolute Gasteiger partial charge is 0.376 e. The number of nitrogens with zero attached hydrogens (tertiary/aromatic N) is 3. The van der Waals surface area contributed by atoms with Gasteiger partial charge in [-0.15, -0.1) is 0 Å². The number of fused-ring (bicyclic) bond motifs is 1. The van der Waals surface area contributed by atoms with E-state index in [1.807, 2.05) is 0 Å². The average molecular weight is 519 g/mol. The van der Waals surface area contributed by atoms with Gasteiger partial charge in [-0.3, -0.25) is 9.59 Å². The third kappa shape index (κ3) is 4.77. The van der Waals surface area contributed by atoms with E-state index < -0.39 is 29.3 Å². The zero-order chi connectivity index (χ0) is 26.5. The third-order valence-corrected chi connectivity index (χ3v) is 6.96. The molecule has 2 fully saturated rings. The number of hydrogen-bond donors (Lipinski definition) is 2. The summed E-state index contributed by atoms with van der Waals surface area (Å²) < 4.78 is 62.2. The molecular weight excluding hydrogens is 494 g/mol. The summed E-state index contributed by atoms with van der Waals surface area (Å²) >= 11 is 0. The summed E-state index contributed by atoms with van der Waals surface area (Å²) in [7, 11) is 0. The van der Waals surface area contributed by atoms with E-state index in [0.29, 0.717) is 19.7 Å². The fraction of sp³-hybridized carbons (Fsp3) is 0.440. The molecule has 1 amide bonds. The zero-order valence-electron chi connectivity index (χ0n) is 20.2. The highest BCUT2D eigenvalue weighted by atomic mass is 19.4. The molecule has 37 heavy (non-hydrogen) atoms. The van der Waals surface area contributed by atoms with Crippen LogP contribution in [-0.2, 0) is 10.9 Å². The number of carbonyl (C=O) groups excluding carboxylic acids is 1. The van der Waals surface area contributed by atoms with Crippen molar-refractivity contribution in [3.05, 3.63) is 63.1 Å². The second-order valence-corrected chi connectivity index (χ2v) is 9.62. The van der Waals surface area contributed by atoms with Gasteiger partial charge in [0.15, 0.2) is 11.3 Å². The van der Waals surface area contributed by atoms with Gasteiger partial charge >= 0.3 is 6.18 Å². The molecule has 2 aliphatic heterocycles. The average Bonchev–Trinajstić information content (AvgIpc) is 2.82. The van der Waals surface area contributed by atoms with Crippen LogP contribution in [0.5, 0.6) is 0 Å². The minimum atomic E-state index is -4.83. The highest BCUT2D eigenvalue weighted by Gasteiger charge is 2.43. The second-order valence-electron chi connectivity index (χ2n) is 9.62. The van der Waals surface area contributed by atoms with Crippen LogP contribution >= 0.6 is 0 Å². The first-order valence-electron chi connectivity index (χ1n) is 11.9. The van der Waals surface area contributed by atoms with Crippen molar-refractivity contribution in [1.82, 2.24) is 19.9 Å². The molecule has 1 unspecified atom stereocenters. The van der Waals surface area contributed by atoms with Gasteiger partial charge < -0.3 is 19.9 Å². The number of carbonyl (C=O) groups is 1. The van der Waals surface area contributed by atoms with E-state index in [-0.39, 0.29) is 45.2 Å². The molecule has 0 bridgehead atoms. The second kappa shape index (κ2) is 9.09. The molecular formula is C25H25F4N5O3. The number of benzene rings is 1. The number of aryl methyl sites for hydroxylation is 1. The van der Waals surface area contributed by atoms with E-state index in [9.17, 15) is 22.8 Å². The fourth-order valence-electron chi connectivity index (χ4n) is 4.99. The summed E-state index contributed by atoms with van der Waals surface area (Å²) in [6, 6.07) is 3.81. The van der Waals surface area contributed by atoms with Crippen LogP contribution in [0.3, 0.4) is 0 Å². The van der Waals surface area contributed by atoms with Crippen molar-refractivity contribution >= 4 is 22.6 Å². The maximum Gasteiger partial charge on any atom is 0.433 e. The van der Waals surface area contributed by atoms with Crippen molar-refractivity contribution in [2.45, 2.75) is 50.9 Å². The first-order valence-corrected chi connectivity index (χ1v) is 11.9. The summed E-state index contributed by atoms with van der Waals surface area (Å²) in [5, 5.41) is 2.61. The number of pyridine rings is 1. The minimum Gasteiger partial charge on any atom is -0.376 e. The number of halogens is 4. The molecule has 4 heterocycles. The lowest BCUT2D eigenvalue weighted by Crippen LogP contribution is -2.57. The number of amides is 1. The molecule has 2 aliphatic rings. The molecule has 12 heteroatoms. The monoisotopic (exact) mass is 519 g/mol. The van der Waals surface area contributed by atoms with Gasteiger partial charge in [-0.05, 0) is 51.0 Å². The van der Waals surface area contributed by atoms with Crippen LogP contribution in [-0.4, -0.2) is 51.1 Å². The maximum atomic E-state index is 15.0. The molecule has 5 rings (SSSR count). The number of aromatic nitrogens is 3. The van der Waals surface area contributed by atoms with Gasteiger partial charge in [-0.2, -0.15) is 13.2 Å². The highest BCUT2D eigenvalue weighted by molar-refractivity contribution is 5.94. The molecule has 3 aromatic rings. The van der Waals surface area contributed by atoms with Crippen LogP contribution in [0.1, 0.15) is 59.7 Å². The third-order valence-electron chi connectivity index (χ3n) is 6.96. The predicted octanol–water partition coefficient (Wildman–Crippen LogP) is 4.35. The van der Waals surface area contributed by atoms with Crippen molar-refractivity contribution in [1.29, 1.82) is 0 Å². The first kappa shape index (κ1) is 25.1. The molecule has 0 saturated carbocycles. The molecule has 2 N–H and O–H groups in total. The quantitative estimate of drug-likeness (QED) is 0.497. The van der Waals surface area contributed by atoms with Gasteiger partial charge in [-0.1, -0.05) is 0 Å². The fourth-order valence-corrected chi connectivity index (χ4v) is 4.99. The van der Waals surface area contributed by atoms with Crippen LogP contribution in [0.4, 0.5) is 23.2 Å². The largest absolute Gasteiger partial charge is 0.433 e. The Bertz CT molecular complexity index is 1430. The van der Waals surface area contributed by atoms with E-state index in [4.69, 9.17) is 4.74 Å². The Morgan fingerprint density at radius 3 is 2.65 bits per heavy atom. The van der Waals surface area contributed by atoms with Gasteiger partial charge in [0.05, 0.1) is 35.9 Å². The molecule has 2 aromatic heterocycles. The summed E-state index contributed by atoms with van der Waals surface area (Å²) in [6.45, 7) is 4.51. The predicted molar refractivity (Wildman–Crippen MR) is 127 cm³/mol. The Kier molecular flexibility index (Phi) is 6.17. The lowest BCUT2D eigenvalue weighted by Gasteiger charge is -2.48. The van der Waals surface area contributed by atoms with Crippen LogP contribution < -0.4 is 10.9 Å². The van der Waals surface area contributed by atoms with E-state index >= 15 is 4.39 Å². The number of alkyl halides is 3. The molecule has 1 spiro atoms. The molecule has 0 aliphatic carbocycles. The molecule has 0 radical (unpaired) electrons. The zero-order valence-corrected chi connectivity index (χ0v) is 20.2. The number of anilines is 1. The Hall–Kier alpha value is -3.54. The van der Waals surface area contributed by atoms with E-state index in [2.05, 4.69) is 20.3 Å². The number of aromatic amines is 1. The molecule has 196 valence electrons. The lowest BCUT2D eigenvalue weighted by molar-refractivity contribution is -0.171. The first-order chi connectivity index (χ1) is 17.5. The van der Waals surface area contributed by atoms with Gasteiger partial charge in [0.2, 0.25) is 0 Å². The van der Waals surface area contributed by atoms with Crippen molar-refractivity contribution < 1.29 is 27.1 Å². The topological polar surface area (TPSA) is 100 Å². The van der Waals surface area contributed by atoms with E-state index in [0.717, 1.165) is 31.4 Å². The molecule has 2 saturated heterocycles.